The molecular formula is C39H50N2O6. The van der Waals surface area contributed by atoms with Gasteiger partial charge in [-0.2, -0.15) is 0 Å². The van der Waals surface area contributed by atoms with Crippen molar-refractivity contribution < 1.29 is 28.5 Å². The molecule has 0 aromatic heterocycles. The van der Waals surface area contributed by atoms with Crippen molar-refractivity contribution in [2.24, 2.45) is 16.8 Å². The number of esters is 2. The van der Waals surface area contributed by atoms with E-state index in [2.05, 4.69) is 20.8 Å². The molecule has 0 radical (unpaired) electrons. The summed E-state index contributed by atoms with van der Waals surface area (Å²) in [5.74, 6) is -1.73. The zero-order valence-corrected chi connectivity index (χ0v) is 28.6. The lowest BCUT2D eigenvalue weighted by molar-refractivity contribution is -0.236. The Labute approximate surface area is 280 Å². The Balaban J connectivity index is 1.65. The maximum atomic E-state index is 13.5. The van der Waals surface area contributed by atoms with Crippen molar-refractivity contribution >= 4 is 23.5 Å². The molecule has 8 nitrogen and oxygen atoms in total. The van der Waals surface area contributed by atoms with Crippen LogP contribution in [0.2, 0.25) is 0 Å². The van der Waals surface area contributed by atoms with E-state index in [0.29, 0.717) is 49.5 Å². The van der Waals surface area contributed by atoms with Crippen molar-refractivity contribution in [2.75, 3.05) is 13.2 Å². The van der Waals surface area contributed by atoms with Gasteiger partial charge in [0.2, 0.25) is 5.92 Å². The SMILES string of the molecule is CCCCCCCN(Cc1ccc(OCCC(C)C)cc1)C(=Nc1cccc(OCc2ccccc2)c1)C1C(=O)OC(C)(C)OC1=O. The van der Waals surface area contributed by atoms with E-state index in [9.17, 15) is 9.59 Å². The van der Waals surface area contributed by atoms with Crippen molar-refractivity contribution in [2.45, 2.75) is 92.1 Å². The summed E-state index contributed by atoms with van der Waals surface area (Å²) in [6.45, 7) is 11.7. The molecule has 1 heterocycles. The minimum absolute atomic E-state index is 0.295. The average molecular weight is 643 g/mol. The van der Waals surface area contributed by atoms with E-state index < -0.39 is 23.6 Å². The number of nitrogens with zero attached hydrogens (tertiary/aromatic N) is 2. The van der Waals surface area contributed by atoms with Crippen molar-refractivity contribution in [3.63, 3.8) is 0 Å². The van der Waals surface area contributed by atoms with Gasteiger partial charge >= 0.3 is 11.9 Å². The lowest BCUT2D eigenvalue weighted by Gasteiger charge is -2.36. The zero-order chi connectivity index (χ0) is 33.6. The maximum absolute atomic E-state index is 13.5. The molecule has 3 aromatic rings. The molecule has 47 heavy (non-hydrogen) atoms. The number of ether oxygens (including phenoxy) is 4. The molecule has 0 N–H and O–H groups in total. The van der Waals surface area contributed by atoms with Crippen LogP contribution in [0.25, 0.3) is 0 Å². The Morgan fingerprint density at radius 3 is 2.21 bits per heavy atom. The number of cyclic esters (lactones) is 2. The Morgan fingerprint density at radius 2 is 1.53 bits per heavy atom. The van der Waals surface area contributed by atoms with Gasteiger partial charge in [0.05, 0.1) is 12.3 Å². The van der Waals surface area contributed by atoms with Crippen LogP contribution in [-0.4, -0.2) is 41.6 Å². The molecule has 0 unspecified atom stereocenters. The fourth-order valence-corrected chi connectivity index (χ4v) is 5.27. The normalized spacial score (nSPS) is 14.9. The van der Waals surface area contributed by atoms with Crippen molar-refractivity contribution in [3.8, 4) is 11.5 Å². The summed E-state index contributed by atoms with van der Waals surface area (Å²) in [6.07, 6.45) is 6.29. The predicted octanol–water partition coefficient (Wildman–Crippen LogP) is 8.65. The first kappa shape index (κ1) is 35.5. The third-order valence-electron chi connectivity index (χ3n) is 7.85. The molecule has 0 aliphatic carbocycles. The summed E-state index contributed by atoms with van der Waals surface area (Å²) in [5.41, 5.74) is 2.60. The molecule has 252 valence electrons. The van der Waals surface area contributed by atoms with Crippen LogP contribution in [0.1, 0.15) is 84.3 Å². The maximum Gasteiger partial charge on any atom is 0.331 e. The van der Waals surface area contributed by atoms with E-state index in [-0.39, 0.29) is 0 Å². The van der Waals surface area contributed by atoms with Gasteiger partial charge < -0.3 is 23.8 Å². The second kappa shape index (κ2) is 17.5. The summed E-state index contributed by atoms with van der Waals surface area (Å²) < 4.78 is 23.2. The molecule has 8 heteroatoms. The number of carbonyl (C=O) groups excluding carboxylic acids is 2. The molecule has 0 atom stereocenters. The third-order valence-corrected chi connectivity index (χ3v) is 7.85. The van der Waals surface area contributed by atoms with Crippen LogP contribution in [0.5, 0.6) is 11.5 Å². The second-order valence-corrected chi connectivity index (χ2v) is 12.9. The summed E-state index contributed by atoms with van der Waals surface area (Å²) in [7, 11) is 0. The van der Waals surface area contributed by atoms with Crippen LogP contribution in [0.4, 0.5) is 5.69 Å². The summed E-state index contributed by atoms with van der Waals surface area (Å²) >= 11 is 0. The van der Waals surface area contributed by atoms with Gasteiger partial charge in [0.15, 0.2) is 0 Å². The smallest absolute Gasteiger partial charge is 0.331 e. The first-order valence-corrected chi connectivity index (χ1v) is 16.9. The average Bonchev–Trinajstić information content (AvgIpc) is 3.03. The van der Waals surface area contributed by atoms with Crippen molar-refractivity contribution in [3.05, 3.63) is 90.0 Å². The van der Waals surface area contributed by atoms with E-state index in [1.165, 1.54) is 0 Å². The van der Waals surface area contributed by atoms with Crippen LogP contribution in [-0.2, 0) is 32.2 Å². The molecule has 1 fully saturated rings. The van der Waals surface area contributed by atoms with E-state index in [4.69, 9.17) is 23.9 Å². The molecule has 4 rings (SSSR count). The van der Waals surface area contributed by atoms with Gasteiger partial charge in [0.25, 0.3) is 5.79 Å². The van der Waals surface area contributed by atoms with Crippen LogP contribution >= 0.6 is 0 Å². The molecule has 0 saturated carbocycles. The van der Waals surface area contributed by atoms with Crippen LogP contribution in [0, 0.1) is 11.8 Å². The molecular weight excluding hydrogens is 592 g/mol. The van der Waals surface area contributed by atoms with Gasteiger partial charge in [-0.15, -0.1) is 0 Å². The Kier molecular flexibility index (Phi) is 13.3. The summed E-state index contributed by atoms with van der Waals surface area (Å²) in [5, 5.41) is 0. The predicted molar refractivity (Wildman–Crippen MR) is 185 cm³/mol. The number of benzene rings is 3. The van der Waals surface area contributed by atoms with E-state index in [0.717, 1.165) is 55.4 Å². The number of amidine groups is 1. The first-order chi connectivity index (χ1) is 22.6. The highest BCUT2D eigenvalue weighted by atomic mass is 16.7. The van der Waals surface area contributed by atoms with Crippen LogP contribution < -0.4 is 9.47 Å². The fraction of sp³-hybridized carbons (Fsp3) is 0.462. The Bertz CT molecular complexity index is 1430. The quantitative estimate of drug-likeness (QED) is 0.0479. The number of hydrogen-bond donors (Lipinski definition) is 0. The minimum atomic E-state index is -1.35. The van der Waals surface area contributed by atoms with Gasteiger partial charge in [-0.05, 0) is 54.2 Å². The molecule has 0 spiro atoms. The lowest BCUT2D eigenvalue weighted by atomic mass is 10.0. The Morgan fingerprint density at radius 1 is 0.830 bits per heavy atom. The largest absolute Gasteiger partial charge is 0.494 e. The second-order valence-electron chi connectivity index (χ2n) is 12.9. The molecule has 3 aromatic carbocycles. The third kappa shape index (κ3) is 11.5. The summed E-state index contributed by atoms with van der Waals surface area (Å²) in [4.78, 5) is 33.9. The lowest BCUT2D eigenvalue weighted by Crippen LogP contribution is -2.52. The molecule has 1 aliphatic heterocycles. The van der Waals surface area contributed by atoms with Crippen LogP contribution in [0.3, 0.4) is 0 Å². The number of aliphatic imine (C=N–C) groups is 1. The van der Waals surface area contributed by atoms with Gasteiger partial charge in [0.1, 0.15) is 23.9 Å². The van der Waals surface area contributed by atoms with Gasteiger partial charge in [-0.3, -0.25) is 9.59 Å². The highest BCUT2D eigenvalue weighted by Gasteiger charge is 2.47. The molecule has 0 amide bonds. The number of rotatable bonds is 17. The Hall–Kier alpha value is -4.33. The number of hydrogen-bond acceptors (Lipinski definition) is 7. The number of unbranched alkanes of at least 4 members (excludes halogenated alkanes) is 4. The molecule has 1 saturated heterocycles. The highest BCUT2D eigenvalue weighted by molar-refractivity contribution is 6.17. The standard InChI is InChI=1S/C39H50N2O6/c1-6-7-8-9-13-24-41(27-30-19-21-33(22-20-30)44-25-23-29(2)3)36(35-37(42)46-39(4,5)47-38(35)43)40-32-17-14-18-34(26-32)45-28-31-15-11-10-12-16-31/h10-12,14-22,26,29,35H,6-9,13,23-25,27-28H2,1-5H3. The summed E-state index contributed by atoms with van der Waals surface area (Å²) in [6, 6.07) is 25.2. The zero-order valence-electron chi connectivity index (χ0n) is 28.6. The van der Waals surface area contributed by atoms with E-state index in [1.54, 1.807) is 13.8 Å². The van der Waals surface area contributed by atoms with Crippen molar-refractivity contribution in [1.29, 1.82) is 0 Å². The molecule has 0 bridgehead atoms. The minimum Gasteiger partial charge on any atom is -0.494 e. The number of carbonyl (C=O) groups is 2. The fourth-order valence-electron chi connectivity index (χ4n) is 5.27. The van der Waals surface area contributed by atoms with Crippen LogP contribution in [0.15, 0.2) is 83.9 Å². The van der Waals surface area contributed by atoms with Gasteiger partial charge in [-0.25, -0.2) is 4.99 Å². The molecule has 1 aliphatic rings. The van der Waals surface area contributed by atoms with E-state index >= 15 is 0 Å². The van der Waals surface area contributed by atoms with Crippen molar-refractivity contribution in [1.82, 2.24) is 4.90 Å². The van der Waals surface area contributed by atoms with Gasteiger partial charge in [-0.1, -0.05) is 95.0 Å². The highest BCUT2D eigenvalue weighted by Crippen LogP contribution is 2.29. The van der Waals surface area contributed by atoms with E-state index in [1.807, 2.05) is 83.8 Å². The topological polar surface area (TPSA) is 86.7 Å². The monoisotopic (exact) mass is 642 g/mol. The van der Waals surface area contributed by atoms with Gasteiger partial charge in [0, 0.05) is 33.0 Å². The first-order valence-electron chi connectivity index (χ1n) is 16.9.